The van der Waals surface area contributed by atoms with Gasteiger partial charge in [-0.05, 0) is 80.6 Å². The van der Waals surface area contributed by atoms with Crippen LogP contribution in [0.25, 0.3) is 0 Å². The Morgan fingerprint density at radius 3 is 2.62 bits per heavy atom. The highest BCUT2D eigenvalue weighted by Gasteiger charge is 2.17. The van der Waals surface area contributed by atoms with Gasteiger partial charge in [0.05, 0.1) is 10.4 Å². The molecule has 0 radical (unpaired) electrons. The van der Waals surface area contributed by atoms with E-state index in [2.05, 4.69) is 18.7 Å². The van der Waals surface area contributed by atoms with Crippen molar-refractivity contribution in [2.75, 3.05) is 25.4 Å². The van der Waals surface area contributed by atoms with Crippen LogP contribution in [0.2, 0.25) is 0 Å². The summed E-state index contributed by atoms with van der Waals surface area (Å²) in [5, 5.41) is 2.86. The molecule has 1 saturated heterocycles. The molecule has 0 aromatic carbocycles. The molecule has 3 heterocycles. The van der Waals surface area contributed by atoms with Crippen LogP contribution in [0.4, 0.5) is 0 Å². The van der Waals surface area contributed by atoms with Crippen molar-refractivity contribution >= 4 is 28.9 Å². The highest BCUT2D eigenvalue weighted by atomic mass is 32.2. The van der Waals surface area contributed by atoms with Crippen molar-refractivity contribution in [2.24, 2.45) is 0 Å². The highest BCUT2D eigenvalue weighted by Crippen LogP contribution is 2.28. The molecular weight excluding hydrogens is 396 g/mol. The highest BCUT2D eigenvalue weighted by molar-refractivity contribution is 7.99. The SMILES string of the molecule is CC(C)c1ccc(C(=O)c2cccs2)c(SCCCCCCN2CCCCC2)n1. The Morgan fingerprint density at radius 2 is 1.90 bits per heavy atom. The van der Waals surface area contributed by atoms with Crippen molar-refractivity contribution in [2.45, 2.75) is 69.7 Å². The van der Waals surface area contributed by atoms with E-state index in [4.69, 9.17) is 4.98 Å². The average molecular weight is 431 g/mol. The minimum Gasteiger partial charge on any atom is -0.303 e. The number of pyridine rings is 1. The number of piperidine rings is 1. The third-order valence-corrected chi connectivity index (χ3v) is 7.47. The maximum atomic E-state index is 12.9. The number of nitrogens with zero attached hydrogens (tertiary/aromatic N) is 2. The number of thiophene rings is 1. The van der Waals surface area contributed by atoms with E-state index in [0.29, 0.717) is 5.92 Å². The van der Waals surface area contributed by atoms with Gasteiger partial charge in [0.2, 0.25) is 5.78 Å². The molecule has 0 unspecified atom stereocenters. The Hall–Kier alpha value is -1.17. The van der Waals surface area contributed by atoms with Crippen molar-refractivity contribution in [1.82, 2.24) is 9.88 Å². The van der Waals surface area contributed by atoms with Gasteiger partial charge < -0.3 is 4.90 Å². The first kappa shape index (κ1) is 22.5. The number of likely N-dealkylation sites (tertiary alicyclic amines) is 1. The summed E-state index contributed by atoms with van der Waals surface area (Å²) in [6, 6.07) is 7.83. The Labute approximate surface area is 184 Å². The molecule has 0 N–H and O–H groups in total. The number of hydrogen-bond acceptors (Lipinski definition) is 5. The second kappa shape index (κ2) is 11.9. The first-order valence-corrected chi connectivity index (χ1v) is 13.0. The molecule has 3 rings (SSSR count). The molecule has 0 amide bonds. The van der Waals surface area contributed by atoms with Crippen LogP contribution in [-0.4, -0.2) is 41.1 Å². The predicted molar refractivity (Wildman–Crippen MR) is 126 cm³/mol. The number of unbranched alkanes of at least 4 members (excludes halogenated alkanes) is 3. The molecule has 29 heavy (non-hydrogen) atoms. The second-order valence-electron chi connectivity index (χ2n) is 8.21. The van der Waals surface area contributed by atoms with Crippen LogP contribution in [0, 0.1) is 0 Å². The van der Waals surface area contributed by atoms with Crippen LogP contribution >= 0.6 is 23.1 Å². The number of rotatable bonds is 11. The van der Waals surface area contributed by atoms with E-state index in [1.54, 1.807) is 11.8 Å². The van der Waals surface area contributed by atoms with Crippen molar-refractivity contribution in [3.63, 3.8) is 0 Å². The van der Waals surface area contributed by atoms with Gasteiger partial charge in [0, 0.05) is 5.69 Å². The fourth-order valence-electron chi connectivity index (χ4n) is 3.74. The van der Waals surface area contributed by atoms with Crippen molar-refractivity contribution in [3.8, 4) is 0 Å². The monoisotopic (exact) mass is 430 g/mol. The van der Waals surface area contributed by atoms with Crippen LogP contribution < -0.4 is 0 Å². The summed E-state index contributed by atoms with van der Waals surface area (Å²) in [7, 11) is 0. The molecule has 1 aliphatic heterocycles. The molecule has 0 aliphatic carbocycles. The van der Waals surface area contributed by atoms with Gasteiger partial charge >= 0.3 is 0 Å². The maximum Gasteiger partial charge on any atom is 0.205 e. The molecule has 3 nitrogen and oxygen atoms in total. The second-order valence-corrected chi connectivity index (χ2v) is 10.2. The number of hydrogen-bond donors (Lipinski definition) is 0. The van der Waals surface area contributed by atoms with Gasteiger partial charge in [0.25, 0.3) is 0 Å². The minimum atomic E-state index is 0.104. The quantitative estimate of drug-likeness (QED) is 0.227. The molecule has 0 bridgehead atoms. The van der Waals surface area contributed by atoms with E-state index >= 15 is 0 Å². The zero-order chi connectivity index (χ0) is 20.5. The van der Waals surface area contributed by atoms with Crippen LogP contribution in [-0.2, 0) is 0 Å². The van der Waals surface area contributed by atoms with E-state index in [1.807, 2.05) is 29.6 Å². The zero-order valence-electron chi connectivity index (χ0n) is 17.9. The van der Waals surface area contributed by atoms with Crippen molar-refractivity contribution in [3.05, 3.63) is 45.8 Å². The first-order valence-electron chi connectivity index (χ1n) is 11.1. The fraction of sp³-hybridized carbons (Fsp3) is 0.583. The standard InChI is InChI=1S/C24H34N2OS2/c1-19(2)21-13-12-20(23(27)22-11-10-18-28-22)24(25-21)29-17-9-4-3-6-14-26-15-7-5-8-16-26/h10-13,18-19H,3-9,14-17H2,1-2H3. The zero-order valence-corrected chi connectivity index (χ0v) is 19.5. The fourth-order valence-corrected chi connectivity index (χ4v) is 5.45. The molecular formula is C24H34N2OS2. The summed E-state index contributed by atoms with van der Waals surface area (Å²) in [6.45, 7) is 8.17. The number of aromatic nitrogens is 1. The van der Waals surface area contributed by atoms with Crippen LogP contribution in [0.1, 0.15) is 85.6 Å². The lowest BCUT2D eigenvalue weighted by Crippen LogP contribution is -2.30. The third kappa shape index (κ3) is 6.94. The number of thioether (sulfide) groups is 1. The Morgan fingerprint density at radius 1 is 1.10 bits per heavy atom. The maximum absolute atomic E-state index is 12.9. The molecule has 158 valence electrons. The molecule has 5 heteroatoms. The van der Waals surface area contributed by atoms with Crippen LogP contribution in [0.3, 0.4) is 0 Å². The van der Waals surface area contributed by atoms with Crippen LogP contribution in [0.15, 0.2) is 34.7 Å². The van der Waals surface area contributed by atoms with Gasteiger partial charge in [-0.3, -0.25) is 4.79 Å². The van der Waals surface area contributed by atoms with Gasteiger partial charge in [-0.25, -0.2) is 4.98 Å². The number of carbonyl (C=O) groups is 1. The van der Waals surface area contributed by atoms with Crippen molar-refractivity contribution in [1.29, 1.82) is 0 Å². The van der Waals surface area contributed by atoms with E-state index in [0.717, 1.165) is 26.9 Å². The van der Waals surface area contributed by atoms with Gasteiger partial charge in [-0.2, -0.15) is 0 Å². The Balaban J connectivity index is 1.48. The van der Waals surface area contributed by atoms with E-state index in [-0.39, 0.29) is 5.78 Å². The molecule has 0 atom stereocenters. The topological polar surface area (TPSA) is 33.2 Å². The van der Waals surface area contributed by atoms with Gasteiger partial charge in [0.15, 0.2) is 0 Å². The normalized spacial score (nSPS) is 15.1. The smallest absolute Gasteiger partial charge is 0.205 e. The predicted octanol–water partition coefficient (Wildman–Crippen LogP) is 6.64. The lowest BCUT2D eigenvalue weighted by molar-refractivity contribution is 0.103. The third-order valence-electron chi connectivity index (χ3n) is 5.52. The van der Waals surface area contributed by atoms with E-state index in [1.165, 1.54) is 75.9 Å². The molecule has 1 aliphatic rings. The summed E-state index contributed by atoms with van der Waals surface area (Å²) >= 11 is 3.26. The minimum absolute atomic E-state index is 0.104. The number of carbonyl (C=O) groups excluding carboxylic acids is 1. The number of ketones is 1. The molecule has 2 aromatic heterocycles. The summed E-state index contributed by atoms with van der Waals surface area (Å²) < 4.78 is 0. The molecule has 0 saturated carbocycles. The van der Waals surface area contributed by atoms with Gasteiger partial charge in [0.1, 0.15) is 5.03 Å². The largest absolute Gasteiger partial charge is 0.303 e. The summed E-state index contributed by atoms with van der Waals surface area (Å²) in [4.78, 5) is 21.1. The first-order chi connectivity index (χ1) is 14.1. The molecule has 0 spiro atoms. The van der Waals surface area contributed by atoms with Crippen molar-refractivity contribution < 1.29 is 4.79 Å². The summed E-state index contributed by atoms with van der Waals surface area (Å²) in [5.74, 6) is 1.50. The molecule has 1 fully saturated rings. The summed E-state index contributed by atoms with van der Waals surface area (Å²) in [6.07, 6.45) is 9.24. The van der Waals surface area contributed by atoms with E-state index < -0.39 is 0 Å². The van der Waals surface area contributed by atoms with Gasteiger partial charge in [-0.1, -0.05) is 39.2 Å². The average Bonchev–Trinajstić information content (AvgIpc) is 3.28. The molecule has 2 aromatic rings. The summed E-state index contributed by atoms with van der Waals surface area (Å²) in [5.41, 5.74) is 1.82. The lowest BCUT2D eigenvalue weighted by atomic mass is 10.1. The van der Waals surface area contributed by atoms with E-state index in [9.17, 15) is 4.79 Å². The Bertz CT molecular complexity index is 752. The van der Waals surface area contributed by atoms with Gasteiger partial charge in [-0.15, -0.1) is 23.1 Å². The van der Waals surface area contributed by atoms with Crippen LogP contribution in [0.5, 0.6) is 0 Å². The Kier molecular flexibility index (Phi) is 9.22. The lowest BCUT2D eigenvalue weighted by Gasteiger charge is -2.26.